The van der Waals surface area contributed by atoms with Gasteiger partial charge in [-0.2, -0.15) is 0 Å². The van der Waals surface area contributed by atoms with E-state index in [1.807, 2.05) is 4.90 Å². The van der Waals surface area contributed by atoms with E-state index in [1.54, 1.807) is 6.92 Å². The van der Waals surface area contributed by atoms with Gasteiger partial charge in [-0.15, -0.1) is 13.2 Å². The summed E-state index contributed by atoms with van der Waals surface area (Å²) in [5, 5.41) is 7.89. The lowest BCUT2D eigenvalue weighted by atomic mass is 10.1. The number of hydrogen-bond donors (Lipinski definition) is 3. The number of hydrogen-bond acceptors (Lipinski definition) is 7. The Hall–Kier alpha value is -3.32. The van der Waals surface area contributed by atoms with Crippen LogP contribution >= 0.6 is 0 Å². The highest BCUT2D eigenvalue weighted by Gasteiger charge is 2.31. The number of nitrogens with one attached hydrogen (secondary N) is 3. The molecule has 2 aliphatic rings. The number of urea groups is 1. The van der Waals surface area contributed by atoms with Crippen molar-refractivity contribution in [3.05, 3.63) is 35.5 Å². The van der Waals surface area contributed by atoms with Gasteiger partial charge in [0.15, 0.2) is 0 Å². The summed E-state index contributed by atoms with van der Waals surface area (Å²) in [4.78, 5) is 40.2. The SMILES string of the molecule is CCOC(=O)C1=C(CN2CCN(CC(=O)Nc3ccc(OC(F)(F)F)cc3)CC2)NC(=O)NC1. The normalized spacial score (nSPS) is 17.6. The molecule has 34 heavy (non-hydrogen) atoms. The molecule has 2 aliphatic heterocycles. The van der Waals surface area contributed by atoms with Crippen molar-refractivity contribution in [1.82, 2.24) is 20.4 Å². The average Bonchev–Trinajstić information content (AvgIpc) is 2.76. The van der Waals surface area contributed by atoms with E-state index in [-0.39, 0.29) is 37.4 Å². The molecule has 1 aromatic rings. The van der Waals surface area contributed by atoms with Crippen molar-refractivity contribution in [1.29, 1.82) is 0 Å². The van der Waals surface area contributed by atoms with Gasteiger partial charge < -0.3 is 25.4 Å². The van der Waals surface area contributed by atoms with Crippen LogP contribution in [0.2, 0.25) is 0 Å². The third kappa shape index (κ3) is 7.63. The zero-order valence-electron chi connectivity index (χ0n) is 18.5. The number of esters is 1. The number of carbonyl (C=O) groups is 3. The first-order valence-corrected chi connectivity index (χ1v) is 10.7. The van der Waals surface area contributed by atoms with Crippen LogP contribution in [0.15, 0.2) is 35.5 Å². The summed E-state index contributed by atoms with van der Waals surface area (Å²) < 4.78 is 45.5. The largest absolute Gasteiger partial charge is 0.573 e. The summed E-state index contributed by atoms with van der Waals surface area (Å²) >= 11 is 0. The summed E-state index contributed by atoms with van der Waals surface area (Å²) in [6.07, 6.45) is -4.77. The highest BCUT2D eigenvalue weighted by atomic mass is 19.4. The monoisotopic (exact) mass is 485 g/mol. The maximum absolute atomic E-state index is 12.3. The fourth-order valence-corrected chi connectivity index (χ4v) is 3.55. The molecule has 0 saturated carbocycles. The smallest absolute Gasteiger partial charge is 0.463 e. The highest BCUT2D eigenvalue weighted by molar-refractivity contribution is 5.94. The predicted octanol–water partition coefficient (Wildman–Crippen LogP) is 1.27. The Bertz CT molecular complexity index is 928. The van der Waals surface area contributed by atoms with Crippen LogP contribution in [-0.4, -0.2) is 86.5 Å². The molecule has 0 bridgehead atoms. The molecule has 0 unspecified atom stereocenters. The molecule has 0 atom stereocenters. The Morgan fingerprint density at radius 1 is 1.09 bits per heavy atom. The van der Waals surface area contributed by atoms with Crippen molar-refractivity contribution >= 4 is 23.6 Å². The third-order valence-electron chi connectivity index (χ3n) is 5.16. The van der Waals surface area contributed by atoms with Crippen LogP contribution in [0.5, 0.6) is 5.75 Å². The topological polar surface area (TPSA) is 112 Å². The summed E-state index contributed by atoms with van der Waals surface area (Å²) in [7, 11) is 0. The number of benzene rings is 1. The minimum atomic E-state index is -4.77. The second-order valence-electron chi connectivity index (χ2n) is 7.66. The van der Waals surface area contributed by atoms with E-state index in [0.29, 0.717) is 49.7 Å². The maximum atomic E-state index is 12.3. The molecular weight excluding hydrogens is 459 g/mol. The molecule has 2 heterocycles. The zero-order chi connectivity index (χ0) is 24.7. The zero-order valence-corrected chi connectivity index (χ0v) is 18.5. The average molecular weight is 485 g/mol. The van der Waals surface area contributed by atoms with Crippen LogP contribution in [0.3, 0.4) is 0 Å². The van der Waals surface area contributed by atoms with Crippen LogP contribution in [0.1, 0.15) is 6.92 Å². The Morgan fingerprint density at radius 3 is 2.35 bits per heavy atom. The first-order valence-electron chi connectivity index (χ1n) is 10.7. The quantitative estimate of drug-likeness (QED) is 0.476. The fourth-order valence-electron chi connectivity index (χ4n) is 3.55. The molecular formula is C21H26F3N5O5. The summed E-state index contributed by atoms with van der Waals surface area (Å²) in [5.41, 5.74) is 1.25. The Kier molecular flexibility index (Phi) is 8.34. The predicted molar refractivity (Wildman–Crippen MR) is 115 cm³/mol. The van der Waals surface area contributed by atoms with Gasteiger partial charge in [0.05, 0.1) is 25.3 Å². The van der Waals surface area contributed by atoms with Gasteiger partial charge in [0.1, 0.15) is 5.75 Å². The maximum Gasteiger partial charge on any atom is 0.573 e. The first-order chi connectivity index (χ1) is 16.1. The van der Waals surface area contributed by atoms with Gasteiger partial charge in [0.25, 0.3) is 0 Å². The molecule has 1 fully saturated rings. The van der Waals surface area contributed by atoms with E-state index in [1.165, 1.54) is 12.1 Å². The molecule has 0 radical (unpaired) electrons. The first kappa shape index (κ1) is 25.3. The van der Waals surface area contributed by atoms with Crippen molar-refractivity contribution in [2.24, 2.45) is 0 Å². The van der Waals surface area contributed by atoms with E-state index >= 15 is 0 Å². The number of carbonyl (C=O) groups excluding carboxylic acids is 3. The van der Waals surface area contributed by atoms with Gasteiger partial charge in [0.2, 0.25) is 5.91 Å². The molecule has 0 aromatic heterocycles. The Labute approximate surface area is 194 Å². The number of ether oxygens (including phenoxy) is 2. The number of alkyl halides is 3. The number of nitrogens with zero attached hydrogens (tertiary/aromatic N) is 2. The van der Waals surface area contributed by atoms with E-state index in [4.69, 9.17) is 4.74 Å². The van der Waals surface area contributed by atoms with Gasteiger partial charge in [-0.05, 0) is 31.2 Å². The molecule has 0 spiro atoms. The molecule has 13 heteroatoms. The molecule has 3 N–H and O–H groups in total. The van der Waals surface area contributed by atoms with E-state index in [0.717, 1.165) is 12.1 Å². The number of amides is 3. The second-order valence-corrected chi connectivity index (χ2v) is 7.66. The van der Waals surface area contributed by atoms with Crippen molar-refractivity contribution in [2.75, 3.05) is 57.7 Å². The highest BCUT2D eigenvalue weighted by Crippen LogP contribution is 2.24. The molecule has 10 nitrogen and oxygen atoms in total. The number of anilines is 1. The van der Waals surface area contributed by atoms with Crippen molar-refractivity contribution in [3.63, 3.8) is 0 Å². The Morgan fingerprint density at radius 2 is 1.74 bits per heavy atom. The molecule has 3 rings (SSSR count). The third-order valence-corrected chi connectivity index (χ3v) is 5.16. The summed E-state index contributed by atoms with van der Waals surface area (Å²) in [5.74, 6) is -1.14. The van der Waals surface area contributed by atoms with Crippen molar-refractivity contribution in [3.8, 4) is 5.75 Å². The van der Waals surface area contributed by atoms with Crippen molar-refractivity contribution < 1.29 is 37.0 Å². The van der Waals surface area contributed by atoms with Gasteiger partial charge in [-0.1, -0.05) is 0 Å². The lowest BCUT2D eigenvalue weighted by molar-refractivity contribution is -0.274. The number of piperazine rings is 1. The molecule has 1 saturated heterocycles. The van der Waals surface area contributed by atoms with E-state index < -0.39 is 12.3 Å². The van der Waals surface area contributed by atoms with Crippen molar-refractivity contribution in [2.45, 2.75) is 13.3 Å². The van der Waals surface area contributed by atoms with Crippen LogP contribution in [0, 0.1) is 0 Å². The van der Waals surface area contributed by atoms with Gasteiger partial charge >= 0.3 is 18.4 Å². The van der Waals surface area contributed by atoms with E-state index in [9.17, 15) is 27.6 Å². The van der Waals surface area contributed by atoms with Gasteiger partial charge in [-0.3, -0.25) is 14.6 Å². The molecule has 3 amide bonds. The van der Waals surface area contributed by atoms with Crippen LogP contribution in [0.25, 0.3) is 0 Å². The van der Waals surface area contributed by atoms with Gasteiger partial charge in [0, 0.05) is 44.1 Å². The van der Waals surface area contributed by atoms with Crippen LogP contribution in [0.4, 0.5) is 23.7 Å². The standard InChI is InChI=1S/C21H26F3N5O5/c1-2-33-19(31)16-11-25-20(32)27-17(16)12-28-7-9-29(10-8-28)13-18(30)26-14-3-5-15(6-4-14)34-21(22,23)24/h3-6H,2,7-13H2,1H3,(H,26,30)(H2,25,27,32). The fraction of sp³-hybridized carbons (Fsp3) is 0.476. The number of halogens is 3. The summed E-state index contributed by atoms with van der Waals surface area (Å²) in [6, 6.07) is 4.54. The lowest BCUT2D eigenvalue weighted by Crippen LogP contribution is -2.52. The van der Waals surface area contributed by atoms with E-state index in [2.05, 4.69) is 25.6 Å². The molecule has 1 aromatic carbocycles. The minimum absolute atomic E-state index is 0.101. The Balaban J connectivity index is 1.46. The number of rotatable bonds is 8. The van der Waals surface area contributed by atoms with Gasteiger partial charge in [-0.25, -0.2) is 9.59 Å². The lowest BCUT2D eigenvalue weighted by Gasteiger charge is -2.35. The molecule has 0 aliphatic carbocycles. The van der Waals surface area contributed by atoms with Crippen LogP contribution < -0.4 is 20.7 Å². The second kappa shape index (κ2) is 11.2. The summed E-state index contributed by atoms with van der Waals surface area (Å²) in [6.45, 7) is 4.91. The molecule has 186 valence electrons. The van der Waals surface area contributed by atoms with Crippen LogP contribution in [-0.2, 0) is 14.3 Å². The minimum Gasteiger partial charge on any atom is -0.463 e.